The molecule has 2 rings (SSSR count). The van der Waals surface area contributed by atoms with Crippen molar-refractivity contribution in [1.82, 2.24) is 0 Å². The minimum atomic E-state index is 0.125. The number of hydrogen-bond donors (Lipinski definition) is 1. The summed E-state index contributed by atoms with van der Waals surface area (Å²) < 4.78 is 5.83. The van der Waals surface area contributed by atoms with Crippen LogP contribution >= 0.6 is 0 Å². The molecule has 0 spiro atoms. The van der Waals surface area contributed by atoms with Gasteiger partial charge in [0.2, 0.25) is 0 Å². The van der Waals surface area contributed by atoms with Crippen molar-refractivity contribution >= 4 is 0 Å². The molecule has 0 aliphatic heterocycles. The van der Waals surface area contributed by atoms with Gasteiger partial charge in [-0.25, -0.2) is 0 Å². The quantitative estimate of drug-likeness (QED) is 0.831. The first-order valence-electron chi connectivity index (χ1n) is 7.65. The van der Waals surface area contributed by atoms with Crippen molar-refractivity contribution in [2.75, 3.05) is 13.2 Å². The molecule has 0 radical (unpaired) electrons. The number of ether oxygens (including phenoxy) is 1. The van der Waals surface area contributed by atoms with Crippen LogP contribution in [0.25, 0.3) is 0 Å². The summed E-state index contributed by atoms with van der Waals surface area (Å²) in [4.78, 5) is 0. The van der Waals surface area contributed by atoms with E-state index in [4.69, 9.17) is 9.84 Å². The molecule has 2 heteroatoms. The van der Waals surface area contributed by atoms with Gasteiger partial charge >= 0.3 is 0 Å². The monoisotopic (exact) mass is 272 g/mol. The molecule has 0 bridgehead atoms. The number of benzene rings is 1. The van der Waals surface area contributed by atoms with Crippen LogP contribution in [0.4, 0.5) is 0 Å². The second-order valence-corrected chi connectivity index (χ2v) is 5.49. The van der Waals surface area contributed by atoms with Gasteiger partial charge in [-0.05, 0) is 36.5 Å². The summed E-state index contributed by atoms with van der Waals surface area (Å²) >= 11 is 0. The zero-order chi connectivity index (χ0) is 14.0. The van der Waals surface area contributed by atoms with E-state index in [-0.39, 0.29) is 6.61 Å². The third-order valence-electron chi connectivity index (χ3n) is 3.77. The smallest absolute Gasteiger partial charge is 0.0717 e. The van der Waals surface area contributed by atoms with Gasteiger partial charge in [0.1, 0.15) is 0 Å². The Hall–Kier alpha value is -1.30. The van der Waals surface area contributed by atoms with E-state index in [2.05, 4.69) is 24.0 Å². The minimum absolute atomic E-state index is 0.125. The Kier molecular flexibility index (Phi) is 6.63. The summed E-state index contributed by atoms with van der Waals surface area (Å²) in [6.07, 6.45) is 7.34. The summed E-state index contributed by atoms with van der Waals surface area (Å²) in [6.45, 7) is 1.72. The topological polar surface area (TPSA) is 29.5 Å². The maximum absolute atomic E-state index is 8.67. The van der Waals surface area contributed by atoms with Gasteiger partial charge < -0.3 is 9.84 Å². The highest BCUT2D eigenvalue weighted by Gasteiger charge is 2.13. The Morgan fingerprint density at radius 1 is 1.10 bits per heavy atom. The van der Waals surface area contributed by atoms with Crippen molar-refractivity contribution in [2.24, 2.45) is 5.92 Å². The summed E-state index contributed by atoms with van der Waals surface area (Å²) in [5.41, 5.74) is 2.20. The zero-order valence-corrected chi connectivity index (χ0v) is 12.1. The molecule has 1 aromatic carbocycles. The number of rotatable bonds is 5. The van der Waals surface area contributed by atoms with Gasteiger partial charge in [0, 0.05) is 18.6 Å². The largest absolute Gasteiger partial charge is 0.395 e. The number of aliphatic hydroxyl groups excluding tert-OH is 1. The average Bonchev–Trinajstić information content (AvgIpc) is 2.50. The first-order chi connectivity index (χ1) is 9.88. The fourth-order valence-electron chi connectivity index (χ4n) is 2.60. The predicted octanol–water partition coefficient (Wildman–Crippen LogP) is 3.52. The van der Waals surface area contributed by atoms with Crippen LogP contribution in [-0.2, 0) is 11.3 Å². The van der Waals surface area contributed by atoms with E-state index in [9.17, 15) is 0 Å². The van der Waals surface area contributed by atoms with Crippen molar-refractivity contribution in [3.05, 3.63) is 35.4 Å². The third-order valence-corrected chi connectivity index (χ3v) is 3.77. The minimum Gasteiger partial charge on any atom is -0.395 e. The molecule has 0 heterocycles. The van der Waals surface area contributed by atoms with Crippen LogP contribution in [0.3, 0.4) is 0 Å². The lowest BCUT2D eigenvalue weighted by Gasteiger charge is -2.21. The molecule has 1 aliphatic rings. The lowest BCUT2D eigenvalue weighted by molar-refractivity contribution is 0.0739. The van der Waals surface area contributed by atoms with Gasteiger partial charge in [0.15, 0.2) is 0 Å². The van der Waals surface area contributed by atoms with Crippen molar-refractivity contribution in [3.63, 3.8) is 0 Å². The molecule has 108 valence electrons. The fraction of sp³-hybridized carbons (Fsp3) is 0.556. The highest BCUT2D eigenvalue weighted by molar-refractivity contribution is 5.35. The Balaban J connectivity index is 1.72. The van der Waals surface area contributed by atoms with Crippen LogP contribution in [0.15, 0.2) is 24.3 Å². The van der Waals surface area contributed by atoms with Gasteiger partial charge in [-0.1, -0.05) is 43.2 Å². The number of aliphatic hydroxyl groups is 1. The molecule has 1 fully saturated rings. The maximum atomic E-state index is 8.67. The molecule has 0 unspecified atom stereocenters. The van der Waals surface area contributed by atoms with Gasteiger partial charge in [0.25, 0.3) is 0 Å². The summed E-state index contributed by atoms with van der Waals surface area (Å²) in [7, 11) is 0. The van der Waals surface area contributed by atoms with Gasteiger partial charge in [-0.3, -0.25) is 0 Å². The number of hydrogen-bond acceptors (Lipinski definition) is 2. The lowest BCUT2D eigenvalue weighted by Crippen LogP contribution is -2.13. The van der Waals surface area contributed by atoms with E-state index in [0.29, 0.717) is 13.0 Å². The van der Waals surface area contributed by atoms with E-state index in [1.807, 2.05) is 12.1 Å². The molecule has 1 aromatic rings. The van der Waals surface area contributed by atoms with Crippen LogP contribution in [-0.4, -0.2) is 18.3 Å². The average molecular weight is 272 g/mol. The SMILES string of the molecule is OCCC#Cc1ccc(COCC2CCCCC2)cc1. The highest BCUT2D eigenvalue weighted by Crippen LogP contribution is 2.23. The van der Waals surface area contributed by atoms with Gasteiger partial charge in [-0.15, -0.1) is 0 Å². The Bertz CT molecular complexity index is 433. The molecule has 0 saturated heterocycles. The standard InChI is InChI=1S/C18H24O2/c19-13-5-4-6-16-9-11-18(12-10-16)15-20-14-17-7-2-1-3-8-17/h9-12,17,19H,1-3,5,7-8,13-15H2. The second kappa shape index (κ2) is 8.79. The summed E-state index contributed by atoms with van der Waals surface area (Å²) in [6, 6.07) is 8.18. The first-order valence-corrected chi connectivity index (χ1v) is 7.65. The highest BCUT2D eigenvalue weighted by atomic mass is 16.5. The lowest BCUT2D eigenvalue weighted by atomic mass is 9.90. The third kappa shape index (κ3) is 5.36. The molecular formula is C18H24O2. The van der Waals surface area contributed by atoms with E-state index >= 15 is 0 Å². The Morgan fingerprint density at radius 2 is 1.85 bits per heavy atom. The van der Waals surface area contributed by atoms with Crippen molar-refractivity contribution in [2.45, 2.75) is 45.1 Å². The zero-order valence-electron chi connectivity index (χ0n) is 12.1. The molecule has 0 amide bonds. The van der Waals surface area contributed by atoms with Crippen molar-refractivity contribution in [3.8, 4) is 11.8 Å². The molecule has 1 aliphatic carbocycles. The van der Waals surface area contributed by atoms with Crippen LogP contribution in [0.1, 0.15) is 49.7 Å². The molecular weight excluding hydrogens is 248 g/mol. The molecule has 20 heavy (non-hydrogen) atoms. The Labute approximate surface area is 122 Å². The van der Waals surface area contributed by atoms with Crippen LogP contribution in [0.5, 0.6) is 0 Å². The summed E-state index contributed by atoms with van der Waals surface area (Å²) in [5, 5.41) is 8.67. The van der Waals surface area contributed by atoms with Crippen LogP contribution in [0, 0.1) is 17.8 Å². The Morgan fingerprint density at radius 3 is 2.55 bits per heavy atom. The molecule has 0 aromatic heterocycles. The molecule has 1 saturated carbocycles. The van der Waals surface area contributed by atoms with Crippen molar-refractivity contribution in [1.29, 1.82) is 0 Å². The molecule has 1 N–H and O–H groups in total. The predicted molar refractivity (Wildman–Crippen MR) is 81.3 cm³/mol. The normalized spacial score (nSPS) is 15.7. The van der Waals surface area contributed by atoms with E-state index in [1.54, 1.807) is 0 Å². The molecule has 0 atom stereocenters. The maximum Gasteiger partial charge on any atom is 0.0717 e. The molecule has 2 nitrogen and oxygen atoms in total. The van der Waals surface area contributed by atoms with E-state index < -0.39 is 0 Å². The fourth-order valence-corrected chi connectivity index (χ4v) is 2.60. The summed E-state index contributed by atoms with van der Waals surface area (Å²) in [5.74, 6) is 6.73. The van der Waals surface area contributed by atoms with E-state index in [0.717, 1.165) is 18.1 Å². The van der Waals surface area contributed by atoms with Crippen LogP contribution < -0.4 is 0 Å². The van der Waals surface area contributed by atoms with Crippen LogP contribution in [0.2, 0.25) is 0 Å². The van der Waals surface area contributed by atoms with Gasteiger partial charge in [-0.2, -0.15) is 0 Å². The second-order valence-electron chi connectivity index (χ2n) is 5.49. The van der Waals surface area contributed by atoms with Gasteiger partial charge in [0.05, 0.1) is 13.2 Å². The van der Waals surface area contributed by atoms with Crippen molar-refractivity contribution < 1.29 is 9.84 Å². The first kappa shape index (κ1) is 15.1. The van der Waals surface area contributed by atoms with E-state index in [1.165, 1.54) is 37.7 Å².